The van der Waals surface area contributed by atoms with Crippen LogP contribution in [0.25, 0.3) is 11.1 Å². The van der Waals surface area contributed by atoms with Crippen LogP contribution in [0.1, 0.15) is 90.1 Å². The topological polar surface area (TPSA) is 91.8 Å². The zero-order valence-electron chi connectivity index (χ0n) is 23.7. The first-order chi connectivity index (χ1) is 20.0. The van der Waals surface area contributed by atoms with Crippen molar-refractivity contribution in [2.24, 2.45) is 0 Å². The molecular formula is C35H28N2O5. The van der Waals surface area contributed by atoms with Gasteiger partial charge >= 0.3 is 0 Å². The number of hydrogen-bond donors (Lipinski definition) is 0. The van der Waals surface area contributed by atoms with Crippen LogP contribution < -0.4 is 4.90 Å². The van der Waals surface area contributed by atoms with E-state index < -0.39 is 29.4 Å². The van der Waals surface area contributed by atoms with E-state index in [1.807, 2.05) is 24.3 Å². The van der Waals surface area contributed by atoms with E-state index in [0.717, 1.165) is 27.3 Å². The highest BCUT2D eigenvalue weighted by molar-refractivity contribution is 6.35. The normalized spacial score (nSPS) is 14.5. The van der Waals surface area contributed by atoms with Crippen LogP contribution in [0, 0.1) is 0 Å². The average molecular weight is 557 g/mol. The lowest BCUT2D eigenvalue weighted by molar-refractivity contribution is 0.0692. The number of rotatable bonds is 6. The van der Waals surface area contributed by atoms with Gasteiger partial charge in [0.1, 0.15) is 0 Å². The van der Waals surface area contributed by atoms with Crippen LogP contribution in [-0.2, 0) is 5.41 Å². The van der Waals surface area contributed by atoms with Crippen molar-refractivity contribution in [1.82, 2.24) is 4.90 Å². The molecule has 0 bridgehead atoms. The number of imide groups is 2. The number of ketones is 1. The molecule has 0 fully saturated rings. The van der Waals surface area contributed by atoms with E-state index in [1.54, 1.807) is 12.1 Å². The highest BCUT2D eigenvalue weighted by Gasteiger charge is 2.38. The summed E-state index contributed by atoms with van der Waals surface area (Å²) in [6.45, 7) is 6.58. The third-order valence-corrected chi connectivity index (χ3v) is 8.48. The van der Waals surface area contributed by atoms with Crippen molar-refractivity contribution < 1.29 is 24.0 Å². The first-order valence-electron chi connectivity index (χ1n) is 13.8. The molecule has 2 heterocycles. The van der Waals surface area contributed by atoms with Crippen molar-refractivity contribution >= 4 is 35.1 Å². The van der Waals surface area contributed by atoms with E-state index in [4.69, 9.17) is 0 Å². The van der Waals surface area contributed by atoms with Crippen LogP contribution in [-0.4, -0.2) is 41.4 Å². The summed E-state index contributed by atoms with van der Waals surface area (Å²) in [4.78, 5) is 66.8. The number of hydrogen-bond acceptors (Lipinski definition) is 5. The van der Waals surface area contributed by atoms with Crippen molar-refractivity contribution in [3.8, 4) is 11.1 Å². The molecule has 4 aromatic carbocycles. The maximum atomic E-state index is 13.5. The fraction of sp³-hybridized carbons (Fsp3) is 0.171. The number of benzene rings is 4. The van der Waals surface area contributed by atoms with Crippen LogP contribution >= 0.6 is 0 Å². The molecule has 4 amide bonds. The molecule has 0 N–H and O–H groups in total. The maximum absolute atomic E-state index is 13.5. The van der Waals surface area contributed by atoms with E-state index in [2.05, 4.69) is 32.9 Å². The first-order valence-corrected chi connectivity index (χ1v) is 13.8. The van der Waals surface area contributed by atoms with Crippen molar-refractivity contribution in [3.05, 3.63) is 124 Å². The molecule has 0 aromatic heterocycles. The van der Waals surface area contributed by atoms with Crippen LogP contribution in [0.15, 0.2) is 84.9 Å². The SMILES string of the molecule is CCC(C)(C)c1ccccc1-c1ccc(N2C(=O)c3ccc(C(=O)c4ccc5c(c4)C(=O)N(C)C5=O)cc3C2=O)cc1. The van der Waals surface area contributed by atoms with Crippen LogP contribution in [0.3, 0.4) is 0 Å². The second kappa shape index (κ2) is 9.73. The van der Waals surface area contributed by atoms with Gasteiger partial charge in [0, 0.05) is 18.2 Å². The lowest BCUT2D eigenvalue weighted by Crippen LogP contribution is -2.29. The van der Waals surface area contributed by atoms with Gasteiger partial charge in [0.05, 0.1) is 27.9 Å². The zero-order chi connectivity index (χ0) is 29.9. The Bertz CT molecular complexity index is 1850. The van der Waals surface area contributed by atoms with Gasteiger partial charge < -0.3 is 0 Å². The quantitative estimate of drug-likeness (QED) is 0.205. The molecule has 0 saturated heterocycles. The third kappa shape index (κ3) is 4.08. The number of amides is 4. The predicted octanol–water partition coefficient (Wildman–Crippen LogP) is 6.30. The number of nitrogens with zero attached hydrogens (tertiary/aromatic N) is 2. The fourth-order valence-electron chi connectivity index (χ4n) is 5.59. The summed E-state index contributed by atoms with van der Waals surface area (Å²) in [6, 6.07) is 24.3. The smallest absolute Gasteiger partial charge is 0.266 e. The minimum atomic E-state index is -0.513. The second-order valence-corrected chi connectivity index (χ2v) is 11.3. The Morgan fingerprint density at radius 3 is 1.79 bits per heavy atom. The van der Waals surface area contributed by atoms with Crippen molar-refractivity contribution in [2.45, 2.75) is 32.6 Å². The van der Waals surface area contributed by atoms with E-state index in [9.17, 15) is 24.0 Å². The Morgan fingerprint density at radius 1 is 0.643 bits per heavy atom. The number of fused-ring (bicyclic) bond motifs is 2. The Hall–Kier alpha value is -5.17. The molecular weight excluding hydrogens is 528 g/mol. The van der Waals surface area contributed by atoms with Gasteiger partial charge in [0.15, 0.2) is 5.78 Å². The highest BCUT2D eigenvalue weighted by atomic mass is 16.2. The molecule has 7 nitrogen and oxygen atoms in total. The van der Waals surface area contributed by atoms with Crippen LogP contribution in [0.2, 0.25) is 0 Å². The van der Waals surface area contributed by atoms with Gasteiger partial charge in [-0.15, -0.1) is 0 Å². The molecule has 0 radical (unpaired) electrons. The van der Waals surface area contributed by atoms with E-state index >= 15 is 0 Å². The fourth-order valence-corrected chi connectivity index (χ4v) is 5.59. The standard InChI is InChI=1S/C35H28N2O5/c1-5-35(2,3)29-9-7-6-8-24(29)20-10-14-23(15-11-20)37-33(41)26-17-13-22(19-28(26)34(37)42)30(38)21-12-16-25-27(18-21)32(40)36(4)31(25)39/h6-19H,5H2,1-4H3. The zero-order valence-corrected chi connectivity index (χ0v) is 23.7. The Morgan fingerprint density at radius 2 is 1.17 bits per heavy atom. The molecule has 0 spiro atoms. The second-order valence-electron chi connectivity index (χ2n) is 11.3. The largest absolute Gasteiger partial charge is 0.289 e. The monoisotopic (exact) mass is 556 g/mol. The number of anilines is 1. The minimum absolute atomic E-state index is 0.0178. The van der Waals surface area contributed by atoms with Gasteiger partial charge in [-0.2, -0.15) is 0 Å². The summed E-state index contributed by atoms with van der Waals surface area (Å²) in [7, 11) is 1.39. The van der Waals surface area contributed by atoms with E-state index in [0.29, 0.717) is 5.69 Å². The summed E-state index contributed by atoms with van der Waals surface area (Å²) < 4.78 is 0. The maximum Gasteiger partial charge on any atom is 0.266 e. The molecule has 7 heteroatoms. The lowest BCUT2D eigenvalue weighted by atomic mass is 9.78. The number of carbonyl (C=O) groups is 5. The Balaban J connectivity index is 1.29. The lowest BCUT2D eigenvalue weighted by Gasteiger charge is -2.26. The molecule has 4 aromatic rings. The highest BCUT2D eigenvalue weighted by Crippen LogP contribution is 2.37. The predicted molar refractivity (Wildman–Crippen MR) is 159 cm³/mol. The average Bonchev–Trinajstić information content (AvgIpc) is 3.39. The van der Waals surface area contributed by atoms with Crippen molar-refractivity contribution in [3.63, 3.8) is 0 Å². The van der Waals surface area contributed by atoms with Crippen molar-refractivity contribution in [1.29, 1.82) is 0 Å². The van der Waals surface area contributed by atoms with Crippen LogP contribution in [0.5, 0.6) is 0 Å². The molecule has 42 heavy (non-hydrogen) atoms. The van der Waals surface area contributed by atoms with Gasteiger partial charge in [-0.3, -0.25) is 28.9 Å². The Labute approximate surface area is 243 Å². The third-order valence-electron chi connectivity index (χ3n) is 8.48. The van der Waals surface area contributed by atoms with Gasteiger partial charge in [-0.1, -0.05) is 69.3 Å². The first kappa shape index (κ1) is 27.0. The summed E-state index contributed by atoms with van der Waals surface area (Å²) >= 11 is 0. The molecule has 6 rings (SSSR count). The van der Waals surface area contributed by atoms with Gasteiger partial charge in [0.2, 0.25) is 0 Å². The van der Waals surface area contributed by atoms with Gasteiger partial charge in [0.25, 0.3) is 23.6 Å². The number of carbonyl (C=O) groups excluding carboxylic acids is 5. The minimum Gasteiger partial charge on any atom is -0.289 e. The summed E-state index contributed by atoms with van der Waals surface area (Å²) in [5.41, 5.74) is 4.91. The molecule has 0 aliphatic carbocycles. The van der Waals surface area contributed by atoms with Crippen molar-refractivity contribution in [2.75, 3.05) is 11.9 Å². The van der Waals surface area contributed by atoms with Gasteiger partial charge in [-0.25, -0.2) is 4.90 Å². The molecule has 0 saturated carbocycles. The van der Waals surface area contributed by atoms with E-state index in [-0.39, 0.29) is 38.8 Å². The summed E-state index contributed by atoms with van der Waals surface area (Å²) in [5.74, 6) is -2.29. The molecule has 208 valence electrons. The van der Waals surface area contributed by atoms with E-state index in [1.165, 1.54) is 49.0 Å². The molecule has 2 aliphatic heterocycles. The summed E-state index contributed by atoms with van der Waals surface area (Å²) in [5, 5.41) is 0. The molecule has 0 atom stereocenters. The Kier molecular flexibility index (Phi) is 6.26. The summed E-state index contributed by atoms with van der Waals surface area (Å²) in [6.07, 6.45) is 0.975. The molecule has 0 unspecified atom stereocenters. The van der Waals surface area contributed by atoms with Gasteiger partial charge in [-0.05, 0) is 64.9 Å². The molecule has 2 aliphatic rings. The van der Waals surface area contributed by atoms with Crippen LogP contribution in [0.4, 0.5) is 5.69 Å².